The number of aliphatic carboxylic acids is 1. The Morgan fingerprint density at radius 3 is 2.35 bits per heavy atom. The van der Waals surface area contributed by atoms with Crippen LogP contribution in [-0.2, 0) is 14.3 Å². The van der Waals surface area contributed by atoms with Gasteiger partial charge in [0.1, 0.15) is 5.54 Å². The van der Waals surface area contributed by atoms with Crippen molar-refractivity contribution >= 4 is 11.9 Å². The lowest BCUT2D eigenvalue weighted by Gasteiger charge is -2.42. The molecule has 0 aromatic rings. The Hall–Kier alpha value is -1.10. The Morgan fingerprint density at radius 2 is 1.85 bits per heavy atom. The molecule has 0 heterocycles. The molecule has 1 aliphatic carbocycles. The fraction of sp³-hybridized carbons (Fsp3) is 0.867. The van der Waals surface area contributed by atoms with Gasteiger partial charge >= 0.3 is 11.9 Å². The number of ether oxygens (including phenoxy) is 1. The lowest BCUT2D eigenvalue weighted by atomic mass is 9.80. The summed E-state index contributed by atoms with van der Waals surface area (Å²) in [5, 5.41) is 9.65. The second-order valence-corrected chi connectivity index (χ2v) is 5.39. The fourth-order valence-corrected chi connectivity index (χ4v) is 3.12. The van der Waals surface area contributed by atoms with Gasteiger partial charge in [0.05, 0.1) is 6.61 Å². The average molecular weight is 285 g/mol. The van der Waals surface area contributed by atoms with Crippen molar-refractivity contribution in [2.24, 2.45) is 0 Å². The highest BCUT2D eigenvalue weighted by atomic mass is 16.5. The summed E-state index contributed by atoms with van der Waals surface area (Å²) < 4.78 is 4.90. The predicted octanol–water partition coefficient (Wildman–Crippen LogP) is 2.44. The quantitative estimate of drug-likeness (QED) is 0.694. The van der Waals surface area contributed by atoms with Crippen LogP contribution in [0.15, 0.2) is 0 Å². The Kier molecular flexibility index (Phi) is 6.99. The molecule has 1 aliphatic rings. The standard InChI is InChI=1S/C15H27NO4/c1-3-16(12-8-9-13(17)20-4-2)15(14(18)19)10-6-5-7-11-15/h3-12H2,1-2H3,(H,18,19). The molecule has 5 heteroatoms. The molecule has 0 atom stereocenters. The van der Waals surface area contributed by atoms with Gasteiger partial charge in [-0.3, -0.25) is 14.5 Å². The highest BCUT2D eigenvalue weighted by molar-refractivity contribution is 5.79. The van der Waals surface area contributed by atoms with Crippen LogP contribution in [0, 0.1) is 0 Å². The first-order valence-electron chi connectivity index (χ1n) is 7.71. The number of hydrogen-bond donors (Lipinski definition) is 1. The van der Waals surface area contributed by atoms with Crippen molar-refractivity contribution in [2.75, 3.05) is 19.7 Å². The summed E-state index contributed by atoms with van der Waals surface area (Å²) in [4.78, 5) is 25.1. The van der Waals surface area contributed by atoms with Crippen LogP contribution in [0.2, 0.25) is 0 Å². The molecule has 0 amide bonds. The van der Waals surface area contributed by atoms with Crippen LogP contribution in [0.3, 0.4) is 0 Å². The molecule has 0 aliphatic heterocycles. The molecule has 1 saturated carbocycles. The Labute approximate surface area is 121 Å². The monoisotopic (exact) mass is 285 g/mol. The first-order chi connectivity index (χ1) is 9.56. The normalized spacial score (nSPS) is 17.9. The van der Waals surface area contributed by atoms with Gasteiger partial charge in [0.25, 0.3) is 0 Å². The number of carboxylic acid groups (broad SMARTS) is 1. The number of carbonyl (C=O) groups is 2. The van der Waals surface area contributed by atoms with Crippen molar-refractivity contribution in [3.63, 3.8) is 0 Å². The molecule has 20 heavy (non-hydrogen) atoms. The van der Waals surface area contributed by atoms with Crippen molar-refractivity contribution in [3.05, 3.63) is 0 Å². The van der Waals surface area contributed by atoms with Gasteiger partial charge in [0, 0.05) is 6.42 Å². The Morgan fingerprint density at radius 1 is 1.20 bits per heavy atom. The Balaban J connectivity index is 2.58. The summed E-state index contributed by atoms with van der Waals surface area (Å²) >= 11 is 0. The smallest absolute Gasteiger partial charge is 0.324 e. The molecule has 0 radical (unpaired) electrons. The molecule has 0 saturated heterocycles. The van der Waals surface area contributed by atoms with Gasteiger partial charge in [-0.05, 0) is 39.3 Å². The zero-order valence-electron chi connectivity index (χ0n) is 12.7. The van der Waals surface area contributed by atoms with Gasteiger partial charge in [-0.1, -0.05) is 26.2 Å². The SMILES string of the molecule is CCOC(=O)CCCN(CC)C1(C(=O)O)CCCCC1. The van der Waals surface area contributed by atoms with Crippen LogP contribution in [0.25, 0.3) is 0 Å². The van der Waals surface area contributed by atoms with E-state index in [9.17, 15) is 14.7 Å². The third kappa shape index (κ3) is 4.20. The van der Waals surface area contributed by atoms with Crippen molar-refractivity contribution in [1.82, 2.24) is 4.90 Å². The number of esters is 1. The van der Waals surface area contributed by atoms with Crippen molar-refractivity contribution in [2.45, 2.75) is 64.3 Å². The minimum atomic E-state index is -0.721. The van der Waals surface area contributed by atoms with Gasteiger partial charge in [-0.2, -0.15) is 0 Å². The number of nitrogens with zero attached hydrogens (tertiary/aromatic N) is 1. The highest BCUT2D eigenvalue weighted by Gasteiger charge is 2.43. The number of carbonyl (C=O) groups excluding carboxylic acids is 1. The molecular weight excluding hydrogens is 258 g/mol. The van der Waals surface area contributed by atoms with Crippen molar-refractivity contribution < 1.29 is 19.4 Å². The van der Waals surface area contributed by atoms with E-state index in [0.29, 0.717) is 32.5 Å². The van der Waals surface area contributed by atoms with Crippen LogP contribution in [-0.4, -0.2) is 47.2 Å². The molecular formula is C15H27NO4. The van der Waals surface area contributed by atoms with E-state index in [-0.39, 0.29) is 5.97 Å². The van der Waals surface area contributed by atoms with E-state index in [2.05, 4.69) is 0 Å². The van der Waals surface area contributed by atoms with Gasteiger partial charge in [0.15, 0.2) is 0 Å². The number of carboxylic acids is 1. The molecule has 0 aromatic carbocycles. The van der Waals surface area contributed by atoms with Crippen LogP contribution < -0.4 is 0 Å². The van der Waals surface area contributed by atoms with E-state index in [1.165, 1.54) is 0 Å². The second-order valence-electron chi connectivity index (χ2n) is 5.39. The highest BCUT2D eigenvalue weighted by Crippen LogP contribution is 2.34. The molecule has 0 aromatic heterocycles. The Bertz CT molecular complexity index is 324. The summed E-state index contributed by atoms with van der Waals surface area (Å²) in [6.07, 6.45) is 5.52. The minimum Gasteiger partial charge on any atom is -0.480 e. The summed E-state index contributed by atoms with van der Waals surface area (Å²) in [5.41, 5.74) is -0.721. The summed E-state index contributed by atoms with van der Waals surface area (Å²) in [6, 6.07) is 0. The van der Waals surface area contributed by atoms with E-state index in [4.69, 9.17) is 4.74 Å². The topological polar surface area (TPSA) is 66.8 Å². The van der Waals surface area contributed by atoms with Crippen LogP contribution in [0.1, 0.15) is 58.8 Å². The van der Waals surface area contributed by atoms with Crippen molar-refractivity contribution in [3.8, 4) is 0 Å². The van der Waals surface area contributed by atoms with Crippen LogP contribution in [0.5, 0.6) is 0 Å². The lowest BCUT2D eigenvalue weighted by molar-refractivity contribution is -0.154. The lowest BCUT2D eigenvalue weighted by Crippen LogP contribution is -2.56. The first-order valence-corrected chi connectivity index (χ1v) is 7.71. The summed E-state index contributed by atoms with van der Waals surface area (Å²) in [7, 11) is 0. The summed E-state index contributed by atoms with van der Waals surface area (Å²) in [5.74, 6) is -0.910. The predicted molar refractivity (Wildman–Crippen MR) is 76.6 cm³/mol. The third-order valence-corrected chi connectivity index (χ3v) is 4.18. The second kappa shape index (κ2) is 8.25. The molecule has 0 spiro atoms. The zero-order valence-corrected chi connectivity index (χ0v) is 12.7. The molecule has 1 rings (SSSR count). The fourth-order valence-electron chi connectivity index (χ4n) is 3.12. The van der Waals surface area contributed by atoms with Gasteiger partial charge in [-0.25, -0.2) is 0 Å². The maximum Gasteiger partial charge on any atom is 0.324 e. The minimum absolute atomic E-state index is 0.198. The van der Waals surface area contributed by atoms with E-state index in [1.807, 2.05) is 11.8 Å². The molecule has 0 unspecified atom stereocenters. The largest absolute Gasteiger partial charge is 0.480 e. The van der Waals surface area contributed by atoms with Gasteiger partial charge in [0.2, 0.25) is 0 Å². The van der Waals surface area contributed by atoms with E-state index < -0.39 is 11.5 Å². The summed E-state index contributed by atoms with van der Waals surface area (Å²) in [6.45, 7) is 5.52. The zero-order chi connectivity index (χ0) is 15.0. The maximum atomic E-state index is 11.7. The van der Waals surface area contributed by atoms with Gasteiger partial charge < -0.3 is 9.84 Å². The van der Waals surface area contributed by atoms with E-state index in [0.717, 1.165) is 32.1 Å². The van der Waals surface area contributed by atoms with Gasteiger partial charge in [-0.15, -0.1) is 0 Å². The molecule has 1 N–H and O–H groups in total. The van der Waals surface area contributed by atoms with E-state index >= 15 is 0 Å². The number of likely N-dealkylation sites (N-methyl/N-ethyl adjacent to an activating group) is 1. The number of hydrogen-bond acceptors (Lipinski definition) is 4. The molecule has 0 bridgehead atoms. The third-order valence-electron chi connectivity index (χ3n) is 4.18. The van der Waals surface area contributed by atoms with Crippen LogP contribution >= 0.6 is 0 Å². The first kappa shape index (κ1) is 17.0. The van der Waals surface area contributed by atoms with Crippen molar-refractivity contribution in [1.29, 1.82) is 0 Å². The molecule has 1 fully saturated rings. The van der Waals surface area contributed by atoms with Crippen LogP contribution in [0.4, 0.5) is 0 Å². The maximum absolute atomic E-state index is 11.7. The number of rotatable bonds is 8. The average Bonchev–Trinajstić information content (AvgIpc) is 2.44. The van der Waals surface area contributed by atoms with E-state index in [1.54, 1.807) is 6.92 Å². The molecule has 5 nitrogen and oxygen atoms in total. The molecule has 116 valence electrons.